The summed E-state index contributed by atoms with van der Waals surface area (Å²) >= 11 is 0. The topological polar surface area (TPSA) is 58.2 Å². The van der Waals surface area contributed by atoms with Crippen LogP contribution in [0.3, 0.4) is 0 Å². The molecular weight excluding hydrogens is 345 g/mol. The van der Waals surface area contributed by atoms with E-state index in [1.807, 2.05) is 17.4 Å². The summed E-state index contributed by atoms with van der Waals surface area (Å²) in [6, 6.07) is 3.95. The molecule has 7 heteroatoms. The first-order chi connectivity index (χ1) is 12.2. The molecule has 144 valence electrons. The molecule has 1 aliphatic rings. The van der Waals surface area contributed by atoms with Crippen LogP contribution in [0.15, 0.2) is 18.2 Å². The summed E-state index contributed by atoms with van der Waals surface area (Å²) < 4.78 is 38.1. The van der Waals surface area contributed by atoms with Crippen LogP contribution < -0.4 is 10.6 Å². The number of rotatable bonds is 6. The number of amides is 2. The number of aryl methyl sites for hydroxylation is 2. The number of piperidine rings is 1. The highest BCUT2D eigenvalue weighted by Gasteiger charge is 2.45. The number of halogens is 3. The number of anilines is 1. The minimum atomic E-state index is -4.49. The molecule has 0 spiro atoms. The Balaban J connectivity index is 2.08. The molecule has 0 saturated carbocycles. The molecule has 1 fully saturated rings. The third-order valence-electron chi connectivity index (χ3n) is 4.49. The van der Waals surface area contributed by atoms with Gasteiger partial charge >= 0.3 is 6.18 Å². The summed E-state index contributed by atoms with van der Waals surface area (Å²) in [5, 5.41) is 4.62. The van der Waals surface area contributed by atoms with Crippen molar-refractivity contribution < 1.29 is 22.8 Å². The van der Waals surface area contributed by atoms with Crippen molar-refractivity contribution in [1.82, 2.24) is 5.32 Å². The van der Waals surface area contributed by atoms with Crippen molar-refractivity contribution in [3.05, 3.63) is 29.3 Å². The van der Waals surface area contributed by atoms with Gasteiger partial charge in [-0.05, 0) is 48.9 Å². The van der Waals surface area contributed by atoms with Gasteiger partial charge in [-0.25, -0.2) is 0 Å². The Bertz CT molecular complexity index is 634. The lowest BCUT2D eigenvalue weighted by Gasteiger charge is -2.29. The number of nitrogens with one attached hydrogen (secondary N) is 2. The Hall–Kier alpha value is -2.05. The molecule has 1 aromatic rings. The van der Waals surface area contributed by atoms with Gasteiger partial charge in [-0.3, -0.25) is 9.59 Å². The Morgan fingerprint density at radius 1 is 1.12 bits per heavy atom. The van der Waals surface area contributed by atoms with E-state index in [0.717, 1.165) is 36.8 Å². The van der Waals surface area contributed by atoms with E-state index in [1.165, 1.54) is 0 Å². The molecule has 4 nitrogen and oxygen atoms in total. The van der Waals surface area contributed by atoms with Crippen LogP contribution in [0.2, 0.25) is 0 Å². The predicted octanol–water partition coefficient (Wildman–Crippen LogP) is 3.99. The molecular formula is C19H25F3N2O2. The summed E-state index contributed by atoms with van der Waals surface area (Å²) in [5.74, 6) is -2.52. The predicted molar refractivity (Wildman–Crippen MR) is 93.8 cm³/mol. The number of carbonyl (C=O) groups is 2. The van der Waals surface area contributed by atoms with Crippen molar-refractivity contribution in [1.29, 1.82) is 0 Å². The molecule has 0 bridgehead atoms. The fourth-order valence-electron chi connectivity index (χ4n) is 3.23. The number of carbonyl (C=O) groups excluding carboxylic acids is 2. The molecule has 2 rings (SSSR count). The Kier molecular flexibility index (Phi) is 6.67. The van der Waals surface area contributed by atoms with Crippen molar-refractivity contribution in [3.63, 3.8) is 0 Å². The maximum atomic E-state index is 12.7. The normalized spacial score (nSPS) is 20.6. The molecule has 26 heavy (non-hydrogen) atoms. The van der Waals surface area contributed by atoms with Gasteiger partial charge in [0, 0.05) is 5.69 Å². The van der Waals surface area contributed by atoms with Crippen LogP contribution in [0.1, 0.15) is 50.7 Å². The molecule has 0 aliphatic carbocycles. The second-order valence-corrected chi connectivity index (χ2v) is 6.76. The number of hydrogen-bond donors (Lipinski definition) is 2. The summed E-state index contributed by atoms with van der Waals surface area (Å²) in [7, 11) is 0. The molecule has 0 aromatic heterocycles. The second-order valence-electron chi connectivity index (χ2n) is 6.76. The summed E-state index contributed by atoms with van der Waals surface area (Å²) in [6.07, 6.45) is -1.21. The van der Waals surface area contributed by atoms with Crippen LogP contribution in [0, 0.1) is 5.92 Å². The molecule has 2 unspecified atom stereocenters. The van der Waals surface area contributed by atoms with E-state index >= 15 is 0 Å². The fraction of sp³-hybridized carbons (Fsp3) is 0.579. The molecule has 0 radical (unpaired) electrons. The minimum Gasteiger partial charge on any atom is -0.344 e. The summed E-state index contributed by atoms with van der Waals surface area (Å²) in [5.41, 5.74) is 2.79. The van der Waals surface area contributed by atoms with Gasteiger partial charge in [0.1, 0.15) is 12.0 Å². The van der Waals surface area contributed by atoms with Gasteiger partial charge in [-0.2, -0.15) is 13.2 Å². The molecule has 1 aliphatic heterocycles. The Labute approximate surface area is 151 Å². The van der Waals surface area contributed by atoms with Gasteiger partial charge in [0.05, 0.1) is 0 Å². The summed E-state index contributed by atoms with van der Waals surface area (Å²) in [4.78, 5) is 24.4. The van der Waals surface area contributed by atoms with Crippen molar-refractivity contribution in [3.8, 4) is 0 Å². The molecule has 2 amide bonds. The van der Waals surface area contributed by atoms with Gasteiger partial charge in [-0.1, -0.05) is 32.8 Å². The van der Waals surface area contributed by atoms with Crippen molar-refractivity contribution in [2.24, 2.45) is 5.92 Å². The SMILES string of the molecule is CCCc1cc(CCC)cc(NC(=O)C2CCC(C(F)(F)F)NC2=O)c1. The molecule has 2 atom stereocenters. The lowest BCUT2D eigenvalue weighted by atomic mass is 9.92. The first-order valence-electron chi connectivity index (χ1n) is 9.05. The Morgan fingerprint density at radius 3 is 2.15 bits per heavy atom. The van der Waals surface area contributed by atoms with Gasteiger partial charge in [0.25, 0.3) is 0 Å². The van der Waals surface area contributed by atoms with E-state index < -0.39 is 30.0 Å². The van der Waals surface area contributed by atoms with Crippen LogP contribution in [0.5, 0.6) is 0 Å². The minimum absolute atomic E-state index is 0.113. The van der Waals surface area contributed by atoms with Gasteiger partial charge in [0.15, 0.2) is 0 Å². The third kappa shape index (κ3) is 5.22. The quantitative estimate of drug-likeness (QED) is 0.744. The monoisotopic (exact) mass is 370 g/mol. The smallest absolute Gasteiger partial charge is 0.344 e. The van der Waals surface area contributed by atoms with E-state index in [1.54, 1.807) is 0 Å². The van der Waals surface area contributed by atoms with Crippen molar-refractivity contribution in [2.75, 3.05) is 5.32 Å². The van der Waals surface area contributed by atoms with Crippen LogP contribution in [0.4, 0.5) is 18.9 Å². The van der Waals surface area contributed by atoms with Crippen LogP contribution in [-0.4, -0.2) is 24.0 Å². The highest BCUT2D eigenvalue weighted by atomic mass is 19.4. The zero-order valence-corrected chi connectivity index (χ0v) is 15.1. The zero-order chi connectivity index (χ0) is 19.3. The largest absolute Gasteiger partial charge is 0.408 e. The first-order valence-corrected chi connectivity index (χ1v) is 9.05. The average molecular weight is 370 g/mol. The molecule has 1 aromatic carbocycles. The summed E-state index contributed by atoms with van der Waals surface area (Å²) in [6.45, 7) is 4.13. The first kappa shape index (κ1) is 20.3. The molecule has 1 heterocycles. The second kappa shape index (κ2) is 8.56. The van der Waals surface area contributed by atoms with Crippen LogP contribution in [-0.2, 0) is 22.4 Å². The van der Waals surface area contributed by atoms with Gasteiger partial charge in [-0.15, -0.1) is 0 Å². The van der Waals surface area contributed by atoms with E-state index in [-0.39, 0.29) is 12.8 Å². The van der Waals surface area contributed by atoms with E-state index in [2.05, 4.69) is 25.2 Å². The Morgan fingerprint density at radius 2 is 1.69 bits per heavy atom. The van der Waals surface area contributed by atoms with E-state index in [9.17, 15) is 22.8 Å². The molecule has 1 saturated heterocycles. The van der Waals surface area contributed by atoms with E-state index in [0.29, 0.717) is 5.69 Å². The maximum Gasteiger partial charge on any atom is 0.408 e. The standard InChI is InChI=1S/C19H25F3N2O2/c1-3-5-12-9-13(6-4-2)11-14(10-12)23-17(25)15-7-8-16(19(20,21)22)24-18(15)26/h9-11,15-16H,3-8H2,1-2H3,(H,23,25)(H,24,26). The number of hydrogen-bond acceptors (Lipinski definition) is 2. The lowest BCUT2D eigenvalue weighted by Crippen LogP contribution is -2.53. The lowest BCUT2D eigenvalue weighted by molar-refractivity contribution is -0.170. The number of alkyl halides is 3. The van der Waals surface area contributed by atoms with Gasteiger partial charge in [0.2, 0.25) is 11.8 Å². The average Bonchev–Trinajstić information content (AvgIpc) is 2.54. The third-order valence-corrected chi connectivity index (χ3v) is 4.49. The zero-order valence-electron chi connectivity index (χ0n) is 15.1. The number of benzene rings is 1. The van der Waals surface area contributed by atoms with E-state index in [4.69, 9.17) is 0 Å². The van der Waals surface area contributed by atoms with Crippen molar-refractivity contribution >= 4 is 17.5 Å². The van der Waals surface area contributed by atoms with Crippen LogP contribution in [0.25, 0.3) is 0 Å². The fourth-order valence-corrected chi connectivity index (χ4v) is 3.23. The highest BCUT2D eigenvalue weighted by Crippen LogP contribution is 2.29. The highest BCUT2D eigenvalue weighted by molar-refractivity contribution is 6.06. The van der Waals surface area contributed by atoms with Crippen molar-refractivity contribution in [2.45, 2.75) is 64.6 Å². The van der Waals surface area contributed by atoms with Gasteiger partial charge < -0.3 is 10.6 Å². The molecule has 2 N–H and O–H groups in total. The maximum absolute atomic E-state index is 12.7. The van der Waals surface area contributed by atoms with Crippen LogP contribution >= 0.6 is 0 Å².